The van der Waals surface area contributed by atoms with Crippen LogP contribution >= 0.6 is 0 Å². The second-order valence-electron chi connectivity index (χ2n) is 4.13. The maximum Gasteiger partial charge on any atom is 0.254 e. The van der Waals surface area contributed by atoms with Crippen molar-refractivity contribution >= 4 is 11.7 Å². The van der Waals surface area contributed by atoms with E-state index in [1.54, 1.807) is 6.20 Å². The number of nitrogens with two attached hydrogens (primary N) is 1. The number of aryl methyl sites for hydroxylation is 1. The van der Waals surface area contributed by atoms with E-state index >= 15 is 0 Å². The van der Waals surface area contributed by atoms with E-state index in [9.17, 15) is 9.18 Å². The number of halogens is 1. The molecule has 0 aliphatic rings. The maximum absolute atomic E-state index is 13.8. The number of pyridine rings is 1. The molecular weight excluding hydrogens is 263 g/mol. The highest BCUT2D eigenvalue weighted by Gasteiger charge is 2.15. The van der Waals surface area contributed by atoms with Crippen molar-refractivity contribution in [1.82, 2.24) is 19.9 Å². The lowest BCUT2D eigenvalue weighted by Crippen LogP contribution is -2.27. The van der Waals surface area contributed by atoms with Gasteiger partial charge in [0.15, 0.2) is 11.6 Å². The van der Waals surface area contributed by atoms with Gasteiger partial charge in [-0.15, -0.1) is 0 Å². The molecular formula is C12H15FN6O. The van der Waals surface area contributed by atoms with Crippen molar-refractivity contribution in [2.24, 2.45) is 12.9 Å². The Bertz CT molecular complexity index is 612. The molecule has 0 unspecified atom stereocenters. The van der Waals surface area contributed by atoms with Crippen molar-refractivity contribution in [3.63, 3.8) is 0 Å². The van der Waals surface area contributed by atoms with Crippen molar-refractivity contribution in [3.8, 4) is 0 Å². The molecule has 0 bridgehead atoms. The number of carbonyl (C=O) groups excluding carboxylic acids is 1. The highest BCUT2D eigenvalue weighted by Crippen LogP contribution is 2.13. The number of imidazole rings is 1. The molecule has 0 aliphatic heterocycles. The predicted octanol–water partition coefficient (Wildman–Crippen LogP) is 0.212. The molecule has 2 heterocycles. The fraction of sp³-hybridized carbons (Fsp3) is 0.250. The van der Waals surface area contributed by atoms with Crippen molar-refractivity contribution in [1.29, 1.82) is 0 Å². The minimum Gasteiger partial charge on any atom is -0.351 e. The number of hydrazine groups is 1. The highest BCUT2D eigenvalue weighted by atomic mass is 19.1. The molecule has 2 rings (SSSR count). The molecule has 0 aromatic carbocycles. The second kappa shape index (κ2) is 6.11. The Kier molecular flexibility index (Phi) is 4.26. The third kappa shape index (κ3) is 2.91. The molecule has 0 spiro atoms. The highest BCUT2D eigenvalue weighted by molar-refractivity contribution is 5.95. The fourth-order valence-electron chi connectivity index (χ4n) is 1.74. The number of aromatic nitrogens is 3. The molecule has 0 saturated heterocycles. The van der Waals surface area contributed by atoms with Crippen LogP contribution in [0.25, 0.3) is 0 Å². The Hall–Kier alpha value is -2.48. The zero-order valence-electron chi connectivity index (χ0n) is 10.9. The lowest BCUT2D eigenvalue weighted by Gasteiger charge is -2.08. The van der Waals surface area contributed by atoms with E-state index in [1.165, 1.54) is 12.3 Å². The number of carbonyl (C=O) groups is 1. The summed E-state index contributed by atoms with van der Waals surface area (Å²) in [5.74, 6) is 4.49. The van der Waals surface area contributed by atoms with Gasteiger partial charge >= 0.3 is 0 Å². The van der Waals surface area contributed by atoms with E-state index in [1.807, 2.05) is 17.8 Å². The van der Waals surface area contributed by atoms with Gasteiger partial charge in [0, 0.05) is 38.6 Å². The normalized spacial score (nSPS) is 10.3. The first kappa shape index (κ1) is 13.9. The van der Waals surface area contributed by atoms with E-state index in [-0.39, 0.29) is 11.4 Å². The molecule has 1 amide bonds. The van der Waals surface area contributed by atoms with Gasteiger partial charge < -0.3 is 15.3 Å². The van der Waals surface area contributed by atoms with Gasteiger partial charge in [0.1, 0.15) is 5.82 Å². The number of nitrogens with one attached hydrogen (secondary N) is 2. The van der Waals surface area contributed by atoms with Gasteiger partial charge in [0.25, 0.3) is 5.91 Å². The number of nitrogen functional groups attached to an aromatic ring is 1. The largest absolute Gasteiger partial charge is 0.351 e. The summed E-state index contributed by atoms with van der Waals surface area (Å²) in [6.07, 6.45) is 5.37. The Labute approximate surface area is 115 Å². The van der Waals surface area contributed by atoms with Crippen LogP contribution in [0.2, 0.25) is 0 Å². The second-order valence-corrected chi connectivity index (χ2v) is 4.13. The minimum atomic E-state index is -0.774. The monoisotopic (exact) mass is 278 g/mol. The van der Waals surface area contributed by atoms with Gasteiger partial charge in [-0.25, -0.2) is 20.2 Å². The van der Waals surface area contributed by atoms with Crippen molar-refractivity contribution in [3.05, 3.63) is 41.9 Å². The maximum atomic E-state index is 13.8. The SMILES string of the molecule is Cn1ccnc1CCNC(=O)c1ccnc(NN)c1F. The summed E-state index contributed by atoms with van der Waals surface area (Å²) in [6, 6.07) is 1.30. The van der Waals surface area contributed by atoms with Crippen LogP contribution in [0.4, 0.5) is 10.2 Å². The average molecular weight is 278 g/mol. The molecule has 4 N–H and O–H groups in total. The van der Waals surface area contributed by atoms with Crippen LogP contribution in [0, 0.1) is 5.82 Å². The molecule has 0 aliphatic carbocycles. The van der Waals surface area contributed by atoms with Gasteiger partial charge in [0.2, 0.25) is 0 Å². The smallest absolute Gasteiger partial charge is 0.254 e. The van der Waals surface area contributed by atoms with E-state index < -0.39 is 11.7 Å². The summed E-state index contributed by atoms with van der Waals surface area (Å²) >= 11 is 0. The minimum absolute atomic E-state index is 0.104. The first-order valence-corrected chi connectivity index (χ1v) is 5.99. The summed E-state index contributed by atoms with van der Waals surface area (Å²) in [5.41, 5.74) is 1.99. The summed E-state index contributed by atoms with van der Waals surface area (Å²) < 4.78 is 15.7. The number of hydrogen-bond donors (Lipinski definition) is 3. The van der Waals surface area contributed by atoms with Crippen LogP contribution in [-0.2, 0) is 13.5 Å². The molecule has 7 nitrogen and oxygen atoms in total. The zero-order chi connectivity index (χ0) is 14.5. The quantitative estimate of drug-likeness (QED) is 0.536. The van der Waals surface area contributed by atoms with Crippen LogP contribution in [0.15, 0.2) is 24.7 Å². The number of amides is 1. The van der Waals surface area contributed by atoms with Gasteiger partial charge in [-0.1, -0.05) is 0 Å². The summed E-state index contributed by atoms with van der Waals surface area (Å²) in [5, 5.41) is 2.63. The van der Waals surface area contributed by atoms with Gasteiger partial charge in [0.05, 0.1) is 5.56 Å². The molecule has 0 fully saturated rings. The van der Waals surface area contributed by atoms with Gasteiger partial charge in [-0.05, 0) is 6.07 Å². The first-order valence-electron chi connectivity index (χ1n) is 5.99. The summed E-state index contributed by atoms with van der Waals surface area (Å²) in [7, 11) is 1.87. The lowest BCUT2D eigenvalue weighted by atomic mass is 10.2. The molecule has 8 heteroatoms. The molecule has 0 saturated carbocycles. The van der Waals surface area contributed by atoms with Crippen LogP contribution in [-0.4, -0.2) is 27.0 Å². The van der Waals surface area contributed by atoms with Crippen LogP contribution in [0.3, 0.4) is 0 Å². The van der Waals surface area contributed by atoms with E-state index in [0.29, 0.717) is 13.0 Å². The Morgan fingerprint density at radius 3 is 2.90 bits per heavy atom. The zero-order valence-corrected chi connectivity index (χ0v) is 10.9. The van der Waals surface area contributed by atoms with E-state index in [0.717, 1.165) is 5.82 Å². The summed E-state index contributed by atoms with van der Waals surface area (Å²) in [6.45, 7) is 0.358. The molecule has 2 aromatic rings. The van der Waals surface area contributed by atoms with Crippen molar-refractivity contribution in [2.45, 2.75) is 6.42 Å². The standard InChI is InChI=1S/C12H15FN6O/c1-19-7-6-15-9(19)3-5-17-12(20)8-2-4-16-11(18-14)10(8)13/h2,4,6-7H,3,5,14H2,1H3,(H,16,18)(H,17,20). The fourth-order valence-corrected chi connectivity index (χ4v) is 1.74. The first-order chi connectivity index (χ1) is 9.63. The number of nitrogens with zero attached hydrogens (tertiary/aromatic N) is 3. The molecule has 0 atom stereocenters. The van der Waals surface area contributed by atoms with Crippen molar-refractivity contribution in [2.75, 3.05) is 12.0 Å². The van der Waals surface area contributed by atoms with Gasteiger partial charge in [-0.3, -0.25) is 4.79 Å². The Morgan fingerprint density at radius 2 is 2.25 bits per heavy atom. The predicted molar refractivity (Wildman–Crippen MR) is 71.3 cm³/mol. The number of hydrogen-bond acceptors (Lipinski definition) is 5. The van der Waals surface area contributed by atoms with Gasteiger partial charge in [-0.2, -0.15) is 0 Å². The lowest BCUT2D eigenvalue weighted by molar-refractivity contribution is 0.0950. The number of rotatable bonds is 5. The molecule has 106 valence electrons. The molecule has 2 aromatic heterocycles. The van der Waals surface area contributed by atoms with Crippen LogP contribution in [0.5, 0.6) is 0 Å². The van der Waals surface area contributed by atoms with Crippen LogP contribution < -0.4 is 16.6 Å². The van der Waals surface area contributed by atoms with Crippen LogP contribution in [0.1, 0.15) is 16.2 Å². The third-order valence-corrected chi connectivity index (χ3v) is 2.83. The Morgan fingerprint density at radius 1 is 1.45 bits per heavy atom. The third-order valence-electron chi connectivity index (χ3n) is 2.83. The van der Waals surface area contributed by atoms with E-state index in [2.05, 4.69) is 20.7 Å². The molecule has 0 radical (unpaired) electrons. The van der Waals surface area contributed by atoms with Crippen molar-refractivity contribution < 1.29 is 9.18 Å². The van der Waals surface area contributed by atoms with E-state index in [4.69, 9.17) is 5.84 Å². The molecule has 20 heavy (non-hydrogen) atoms. The Balaban J connectivity index is 1.97. The average Bonchev–Trinajstić information content (AvgIpc) is 2.84. The number of anilines is 1. The summed E-state index contributed by atoms with van der Waals surface area (Å²) in [4.78, 5) is 19.7. The topological polar surface area (TPSA) is 97.9 Å².